The predicted molar refractivity (Wildman–Crippen MR) is 76.1 cm³/mol. The maximum absolute atomic E-state index is 13.5. The molecule has 0 aliphatic carbocycles. The third-order valence-corrected chi connectivity index (χ3v) is 3.65. The third-order valence-electron chi connectivity index (χ3n) is 3.47. The van der Waals surface area contributed by atoms with Gasteiger partial charge in [-0.05, 0) is 25.4 Å². The lowest BCUT2D eigenvalue weighted by atomic mass is 10.3. The molecule has 1 aliphatic heterocycles. The van der Waals surface area contributed by atoms with E-state index in [1.165, 1.54) is 12.4 Å². The number of morpholine rings is 1. The zero-order valence-electron chi connectivity index (χ0n) is 12.2. The summed E-state index contributed by atoms with van der Waals surface area (Å²) in [6, 6.07) is -0.0434. The topological polar surface area (TPSA) is 43.2 Å². The average molecular weight is 353 g/mol. The zero-order valence-corrected chi connectivity index (χ0v) is 13.0. The highest BCUT2D eigenvalue weighted by Gasteiger charge is 2.52. The SMILES string of the molecule is CC(C)n1cc(N2CC(F)(F)OC(F)(F)C2)c2nc(Cl)ncc21. The number of hydrogen-bond acceptors (Lipinski definition) is 4. The van der Waals surface area contributed by atoms with Crippen LogP contribution in [0.5, 0.6) is 0 Å². The highest BCUT2D eigenvalue weighted by molar-refractivity contribution is 6.28. The minimum absolute atomic E-state index is 0.0434. The molecular formula is C13H13ClF4N4O. The van der Waals surface area contributed by atoms with Crippen LogP contribution in [0.3, 0.4) is 0 Å². The van der Waals surface area contributed by atoms with Crippen molar-refractivity contribution in [1.82, 2.24) is 14.5 Å². The Kier molecular flexibility index (Phi) is 3.68. The van der Waals surface area contributed by atoms with Crippen molar-refractivity contribution < 1.29 is 22.3 Å². The van der Waals surface area contributed by atoms with E-state index in [4.69, 9.17) is 11.6 Å². The number of alkyl halides is 4. The zero-order chi connectivity index (χ0) is 17.0. The Hall–Kier alpha value is -1.61. The number of aromatic nitrogens is 3. The van der Waals surface area contributed by atoms with E-state index in [1.807, 2.05) is 13.8 Å². The van der Waals surface area contributed by atoms with Gasteiger partial charge in [-0.2, -0.15) is 17.6 Å². The van der Waals surface area contributed by atoms with Gasteiger partial charge in [-0.25, -0.2) is 9.97 Å². The van der Waals surface area contributed by atoms with Crippen LogP contribution in [0.4, 0.5) is 23.2 Å². The van der Waals surface area contributed by atoms with Crippen LogP contribution in [0.2, 0.25) is 5.28 Å². The summed E-state index contributed by atoms with van der Waals surface area (Å²) in [6.07, 6.45) is -5.00. The maximum atomic E-state index is 13.5. The standard InChI is InChI=1S/C13H13ClF4N4O/c1-7(2)22-4-9(10-8(22)3-19-11(14)20-10)21-5-12(15,16)23-13(17,18)6-21/h3-4,7H,5-6H2,1-2H3. The molecule has 2 aromatic rings. The largest absolute Gasteiger partial charge is 0.377 e. The summed E-state index contributed by atoms with van der Waals surface area (Å²) >= 11 is 5.76. The third kappa shape index (κ3) is 3.07. The molecule has 0 atom stereocenters. The van der Waals surface area contributed by atoms with Gasteiger partial charge in [0.1, 0.15) is 18.6 Å². The van der Waals surface area contributed by atoms with Crippen molar-refractivity contribution in [3.05, 3.63) is 17.7 Å². The molecule has 10 heteroatoms. The van der Waals surface area contributed by atoms with Crippen LogP contribution in [0, 0.1) is 0 Å². The molecule has 1 saturated heterocycles. The molecule has 1 aliphatic rings. The lowest BCUT2D eigenvalue weighted by Crippen LogP contribution is -2.55. The molecule has 1 fully saturated rings. The molecule has 3 rings (SSSR count). The highest BCUT2D eigenvalue weighted by atomic mass is 35.5. The average Bonchev–Trinajstić information content (AvgIpc) is 2.73. The van der Waals surface area contributed by atoms with Crippen molar-refractivity contribution in [2.75, 3.05) is 18.0 Å². The Labute approximate surface area is 133 Å². The number of halogens is 5. The number of hydrogen-bond donors (Lipinski definition) is 0. The van der Waals surface area contributed by atoms with Crippen molar-refractivity contribution >= 4 is 28.3 Å². The normalized spacial score (nSPS) is 20.4. The summed E-state index contributed by atoms with van der Waals surface area (Å²) in [7, 11) is 0. The molecular weight excluding hydrogens is 340 g/mol. The quantitative estimate of drug-likeness (QED) is 0.611. The molecule has 0 radical (unpaired) electrons. The fourth-order valence-corrected chi connectivity index (χ4v) is 2.74. The Balaban J connectivity index is 2.14. The maximum Gasteiger partial charge on any atom is 0.377 e. The van der Waals surface area contributed by atoms with Gasteiger partial charge in [-0.3, -0.25) is 4.74 Å². The smallest absolute Gasteiger partial charge is 0.351 e. The van der Waals surface area contributed by atoms with Crippen LogP contribution in [-0.2, 0) is 4.74 Å². The molecule has 126 valence electrons. The molecule has 0 amide bonds. The van der Waals surface area contributed by atoms with Gasteiger partial charge >= 0.3 is 12.2 Å². The number of rotatable bonds is 2. The van der Waals surface area contributed by atoms with Crippen LogP contribution < -0.4 is 4.90 Å². The van der Waals surface area contributed by atoms with Gasteiger partial charge in [0, 0.05) is 12.2 Å². The summed E-state index contributed by atoms with van der Waals surface area (Å²) in [5.41, 5.74) is 0.908. The molecule has 0 spiro atoms. The van der Waals surface area contributed by atoms with Crippen LogP contribution >= 0.6 is 11.6 Å². The van der Waals surface area contributed by atoms with E-state index in [9.17, 15) is 17.6 Å². The first-order chi connectivity index (χ1) is 10.6. The van der Waals surface area contributed by atoms with Gasteiger partial charge in [0.15, 0.2) is 0 Å². The second kappa shape index (κ2) is 5.20. The highest BCUT2D eigenvalue weighted by Crippen LogP contribution is 2.39. The molecule has 0 unspecified atom stereocenters. The van der Waals surface area contributed by atoms with Gasteiger partial charge in [0.25, 0.3) is 0 Å². The van der Waals surface area contributed by atoms with Crippen LogP contribution in [-0.4, -0.2) is 39.8 Å². The summed E-state index contributed by atoms with van der Waals surface area (Å²) in [6.45, 7) is 1.73. The number of ether oxygens (including phenoxy) is 1. The Morgan fingerprint density at radius 3 is 2.39 bits per heavy atom. The second-order valence-electron chi connectivity index (χ2n) is 5.62. The fourth-order valence-electron chi connectivity index (χ4n) is 2.61. The van der Waals surface area contributed by atoms with Gasteiger partial charge in [-0.15, -0.1) is 0 Å². The first-order valence-corrected chi connectivity index (χ1v) is 7.20. The van der Waals surface area contributed by atoms with Crippen LogP contribution in [0.25, 0.3) is 11.0 Å². The van der Waals surface area contributed by atoms with Crippen LogP contribution in [0.1, 0.15) is 19.9 Å². The lowest BCUT2D eigenvalue weighted by molar-refractivity contribution is -0.380. The number of nitrogens with zero attached hydrogens (tertiary/aromatic N) is 4. The van der Waals surface area contributed by atoms with Crippen molar-refractivity contribution in [1.29, 1.82) is 0 Å². The summed E-state index contributed by atoms with van der Waals surface area (Å²) < 4.78 is 59.1. The van der Waals surface area contributed by atoms with E-state index in [0.29, 0.717) is 5.52 Å². The van der Waals surface area contributed by atoms with E-state index in [2.05, 4.69) is 14.7 Å². The van der Waals surface area contributed by atoms with Crippen molar-refractivity contribution in [2.24, 2.45) is 0 Å². The summed E-state index contributed by atoms with van der Waals surface area (Å²) in [4.78, 5) is 8.73. The molecule has 0 bridgehead atoms. The van der Waals surface area contributed by atoms with Crippen LogP contribution in [0.15, 0.2) is 12.4 Å². The second-order valence-corrected chi connectivity index (χ2v) is 5.96. The van der Waals surface area contributed by atoms with E-state index in [1.54, 1.807) is 4.57 Å². The Morgan fingerprint density at radius 1 is 1.22 bits per heavy atom. The van der Waals surface area contributed by atoms with Gasteiger partial charge in [-0.1, -0.05) is 0 Å². The molecule has 0 saturated carbocycles. The number of anilines is 1. The molecule has 3 heterocycles. The molecule has 5 nitrogen and oxygen atoms in total. The predicted octanol–water partition coefficient (Wildman–Crippen LogP) is 3.69. The van der Waals surface area contributed by atoms with E-state index >= 15 is 0 Å². The minimum Gasteiger partial charge on any atom is -0.351 e. The monoisotopic (exact) mass is 352 g/mol. The summed E-state index contributed by atoms with van der Waals surface area (Å²) in [5, 5.41) is -0.0907. The van der Waals surface area contributed by atoms with Crippen molar-refractivity contribution in [2.45, 2.75) is 32.1 Å². The molecule has 23 heavy (non-hydrogen) atoms. The summed E-state index contributed by atoms with van der Waals surface area (Å²) in [5.74, 6) is 0. The molecule has 2 aromatic heterocycles. The minimum atomic E-state index is -3.97. The van der Waals surface area contributed by atoms with E-state index in [-0.39, 0.29) is 22.5 Å². The van der Waals surface area contributed by atoms with Gasteiger partial charge < -0.3 is 9.47 Å². The first kappa shape index (κ1) is 16.3. The lowest BCUT2D eigenvalue weighted by Gasteiger charge is -2.37. The Morgan fingerprint density at radius 2 is 1.83 bits per heavy atom. The van der Waals surface area contributed by atoms with Crippen molar-refractivity contribution in [3.63, 3.8) is 0 Å². The van der Waals surface area contributed by atoms with Gasteiger partial charge in [0.05, 0.1) is 17.4 Å². The molecule has 0 aromatic carbocycles. The van der Waals surface area contributed by atoms with E-state index in [0.717, 1.165) is 4.90 Å². The molecule has 0 N–H and O–H groups in total. The van der Waals surface area contributed by atoms with Crippen molar-refractivity contribution in [3.8, 4) is 0 Å². The number of fused-ring (bicyclic) bond motifs is 1. The van der Waals surface area contributed by atoms with Gasteiger partial charge in [0.2, 0.25) is 5.28 Å². The van der Waals surface area contributed by atoms with E-state index < -0.39 is 25.3 Å². The Bertz CT molecular complexity index is 733. The first-order valence-electron chi connectivity index (χ1n) is 6.82. The fraction of sp³-hybridized carbons (Fsp3) is 0.538.